The molecular weight excluding hydrogens is 298 g/mol. The summed E-state index contributed by atoms with van der Waals surface area (Å²) in [5.74, 6) is -0.148. The minimum absolute atomic E-state index is 0.00665. The van der Waals surface area contributed by atoms with Gasteiger partial charge in [0.25, 0.3) is 0 Å². The minimum Gasteiger partial charge on any atom is -0.431 e. The van der Waals surface area contributed by atoms with Crippen molar-refractivity contribution in [1.82, 2.24) is 4.90 Å². The van der Waals surface area contributed by atoms with Crippen LogP contribution in [0.25, 0.3) is 0 Å². The van der Waals surface area contributed by atoms with Gasteiger partial charge in [-0.25, -0.2) is 9.59 Å². The monoisotopic (exact) mass is 315 g/mol. The van der Waals surface area contributed by atoms with Gasteiger partial charge in [0.2, 0.25) is 12.2 Å². The molecule has 8 heteroatoms. The molecule has 2 aliphatic rings. The summed E-state index contributed by atoms with van der Waals surface area (Å²) < 4.78 is 14.6. The van der Waals surface area contributed by atoms with E-state index >= 15 is 0 Å². The van der Waals surface area contributed by atoms with Crippen LogP contribution >= 0.6 is 11.8 Å². The highest BCUT2D eigenvalue weighted by molar-refractivity contribution is 8.00. The van der Waals surface area contributed by atoms with Crippen LogP contribution in [-0.4, -0.2) is 46.5 Å². The highest BCUT2D eigenvalue weighted by Crippen LogP contribution is 2.37. The molecule has 2 rings (SSSR count). The Labute approximate surface area is 126 Å². The van der Waals surface area contributed by atoms with Gasteiger partial charge < -0.3 is 14.2 Å². The molecular formula is C13H17NO6S. The molecule has 7 nitrogen and oxygen atoms in total. The molecule has 1 unspecified atom stereocenters. The Kier molecular flexibility index (Phi) is 4.76. The van der Waals surface area contributed by atoms with Crippen molar-refractivity contribution in [2.24, 2.45) is 0 Å². The Balaban J connectivity index is 1.87. The van der Waals surface area contributed by atoms with Crippen LogP contribution in [0, 0.1) is 0 Å². The van der Waals surface area contributed by atoms with Gasteiger partial charge in [0.05, 0.1) is 17.9 Å². The molecule has 0 bridgehead atoms. The molecule has 0 radical (unpaired) electrons. The average molecular weight is 315 g/mol. The van der Waals surface area contributed by atoms with E-state index in [1.54, 1.807) is 31.7 Å². The van der Waals surface area contributed by atoms with E-state index < -0.39 is 18.4 Å². The Hall–Kier alpha value is -1.70. The number of esters is 1. The van der Waals surface area contributed by atoms with Crippen LogP contribution in [0.2, 0.25) is 0 Å². The Bertz CT molecular complexity index is 489. The van der Waals surface area contributed by atoms with E-state index in [-0.39, 0.29) is 23.1 Å². The number of carbonyl (C=O) groups excluding carboxylic acids is 3. The van der Waals surface area contributed by atoms with Crippen molar-refractivity contribution >= 4 is 29.8 Å². The third-order valence-corrected chi connectivity index (χ3v) is 3.93. The molecule has 0 N–H and O–H groups in total. The number of hydrogen-bond donors (Lipinski definition) is 0. The first-order valence-electron chi connectivity index (χ1n) is 6.60. The number of fused-ring (bicyclic) bond motifs is 1. The van der Waals surface area contributed by atoms with Crippen molar-refractivity contribution in [1.29, 1.82) is 0 Å². The summed E-state index contributed by atoms with van der Waals surface area (Å²) in [4.78, 5) is 36.2. The highest BCUT2D eigenvalue weighted by Gasteiger charge is 2.43. The molecule has 0 spiro atoms. The Morgan fingerprint density at radius 3 is 2.62 bits per heavy atom. The SMILES string of the molecule is CC(C)OC(=O)OC(C)OC(=O)C1=CCS[C@@H]2CC(=O)N12. The molecule has 2 atom stereocenters. The van der Waals surface area contributed by atoms with Crippen LogP contribution in [0.4, 0.5) is 4.79 Å². The lowest BCUT2D eigenvalue weighted by molar-refractivity contribution is -0.168. The van der Waals surface area contributed by atoms with Crippen molar-refractivity contribution in [2.45, 2.75) is 45.0 Å². The standard InChI is InChI=1S/C13H17NO6S/c1-7(2)18-13(17)20-8(3)19-12(16)9-4-5-21-11-6-10(15)14(9)11/h4,7-8,11H,5-6H2,1-3H3/t8?,11-/m1/s1. The van der Waals surface area contributed by atoms with Crippen molar-refractivity contribution in [2.75, 3.05) is 5.75 Å². The highest BCUT2D eigenvalue weighted by atomic mass is 32.2. The van der Waals surface area contributed by atoms with E-state index in [0.29, 0.717) is 12.2 Å². The second kappa shape index (κ2) is 6.38. The van der Waals surface area contributed by atoms with Crippen LogP contribution in [0.15, 0.2) is 11.8 Å². The van der Waals surface area contributed by atoms with Gasteiger partial charge in [0.1, 0.15) is 5.70 Å². The van der Waals surface area contributed by atoms with Gasteiger partial charge in [-0.05, 0) is 19.9 Å². The number of amides is 1. The first-order valence-corrected chi connectivity index (χ1v) is 7.65. The number of hydrogen-bond acceptors (Lipinski definition) is 7. The molecule has 0 aromatic heterocycles. The molecule has 2 aliphatic heterocycles. The summed E-state index contributed by atoms with van der Waals surface area (Å²) in [6, 6.07) is 0. The van der Waals surface area contributed by atoms with Gasteiger partial charge in [-0.1, -0.05) is 0 Å². The zero-order valence-corrected chi connectivity index (χ0v) is 12.8. The Morgan fingerprint density at radius 1 is 1.29 bits per heavy atom. The van der Waals surface area contributed by atoms with Gasteiger partial charge >= 0.3 is 12.1 Å². The van der Waals surface area contributed by atoms with Gasteiger partial charge in [0.15, 0.2) is 0 Å². The first-order chi connectivity index (χ1) is 9.88. The molecule has 21 heavy (non-hydrogen) atoms. The van der Waals surface area contributed by atoms with Crippen LogP contribution < -0.4 is 0 Å². The smallest absolute Gasteiger partial charge is 0.431 e. The maximum Gasteiger partial charge on any atom is 0.511 e. The number of thioether (sulfide) groups is 1. The van der Waals surface area contributed by atoms with Gasteiger partial charge in [-0.2, -0.15) is 0 Å². The summed E-state index contributed by atoms with van der Waals surface area (Å²) in [5.41, 5.74) is 0.211. The first kappa shape index (κ1) is 15.7. The van der Waals surface area contributed by atoms with E-state index in [4.69, 9.17) is 14.2 Å². The zero-order chi connectivity index (χ0) is 15.6. The normalized spacial score (nSPS) is 21.9. The molecule has 1 amide bonds. The van der Waals surface area contributed by atoms with Crippen molar-refractivity contribution in [3.8, 4) is 0 Å². The molecule has 0 aromatic rings. The van der Waals surface area contributed by atoms with Gasteiger partial charge in [0, 0.05) is 12.7 Å². The fraction of sp³-hybridized carbons (Fsp3) is 0.615. The number of rotatable bonds is 4. The van der Waals surface area contributed by atoms with Crippen LogP contribution in [0.1, 0.15) is 27.2 Å². The summed E-state index contributed by atoms with van der Waals surface area (Å²) in [6.07, 6.45) is -0.245. The van der Waals surface area contributed by atoms with E-state index in [0.717, 1.165) is 0 Å². The zero-order valence-electron chi connectivity index (χ0n) is 12.0. The van der Waals surface area contributed by atoms with E-state index in [1.165, 1.54) is 11.8 Å². The molecule has 1 fully saturated rings. The summed E-state index contributed by atoms with van der Waals surface area (Å²) in [5, 5.41) is 0.00665. The molecule has 1 saturated heterocycles. The second-order valence-electron chi connectivity index (χ2n) is 4.85. The van der Waals surface area contributed by atoms with E-state index in [1.807, 2.05) is 0 Å². The molecule has 116 valence electrons. The van der Waals surface area contributed by atoms with Crippen molar-refractivity contribution < 1.29 is 28.6 Å². The van der Waals surface area contributed by atoms with E-state index in [9.17, 15) is 14.4 Å². The number of ether oxygens (including phenoxy) is 3. The molecule has 0 aliphatic carbocycles. The number of β-lactam (4-membered cyclic amide) rings is 1. The lowest BCUT2D eigenvalue weighted by atomic mass is 10.1. The van der Waals surface area contributed by atoms with Crippen molar-refractivity contribution in [3.63, 3.8) is 0 Å². The average Bonchev–Trinajstić information content (AvgIpc) is 2.35. The van der Waals surface area contributed by atoms with Crippen LogP contribution in [-0.2, 0) is 23.8 Å². The summed E-state index contributed by atoms with van der Waals surface area (Å²) >= 11 is 1.59. The molecule has 0 aromatic carbocycles. The third kappa shape index (κ3) is 3.69. The lowest BCUT2D eigenvalue weighted by Gasteiger charge is -2.42. The molecule has 0 saturated carbocycles. The fourth-order valence-electron chi connectivity index (χ4n) is 1.92. The van der Waals surface area contributed by atoms with Crippen molar-refractivity contribution in [3.05, 3.63) is 11.8 Å². The topological polar surface area (TPSA) is 82.1 Å². The molecule has 2 heterocycles. The lowest BCUT2D eigenvalue weighted by Crippen LogP contribution is -2.53. The maximum absolute atomic E-state index is 12.0. The summed E-state index contributed by atoms with van der Waals surface area (Å²) in [7, 11) is 0. The summed E-state index contributed by atoms with van der Waals surface area (Å²) in [6.45, 7) is 4.77. The quantitative estimate of drug-likeness (QED) is 0.443. The van der Waals surface area contributed by atoms with Gasteiger partial charge in [-0.15, -0.1) is 11.8 Å². The predicted octanol–water partition coefficient (Wildman–Crippen LogP) is 1.63. The van der Waals surface area contributed by atoms with Crippen LogP contribution in [0.5, 0.6) is 0 Å². The predicted molar refractivity (Wildman–Crippen MR) is 74.0 cm³/mol. The van der Waals surface area contributed by atoms with Crippen LogP contribution in [0.3, 0.4) is 0 Å². The number of carbonyl (C=O) groups is 3. The second-order valence-corrected chi connectivity index (χ2v) is 6.06. The minimum atomic E-state index is -1.09. The largest absolute Gasteiger partial charge is 0.511 e. The number of nitrogens with zero attached hydrogens (tertiary/aromatic N) is 1. The fourth-order valence-corrected chi connectivity index (χ4v) is 3.04. The third-order valence-electron chi connectivity index (χ3n) is 2.81. The van der Waals surface area contributed by atoms with Gasteiger partial charge in [-0.3, -0.25) is 9.69 Å². The Morgan fingerprint density at radius 2 is 2.00 bits per heavy atom. The van der Waals surface area contributed by atoms with E-state index in [2.05, 4.69) is 0 Å². The maximum atomic E-state index is 12.0.